The number of benzene rings is 1. The fourth-order valence-electron chi connectivity index (χ4n) is 2.59. The fraction of sp³-hybridized carbons (Fsp3) is 0.571. The van der Waals surface area contributed by atoms with E-state index in [1.807, 2.05) is 4.90 Å². The van der Waals surface area contributed by atoms with Crippen molar-refractivity contribution in [2.24, 2.45) is 5.92 Å². The van der Waals surface area contributed by atoms with Crippen molar-refractivity contribution in [2.45, 2.75) is 32.5 Å². The van der Waals surface area contributed by atoms with Crippen LogP contribution in [0.25, 0.3) is 0 Å². The Morgan fingerprint density at radius 1 is 1.33 bits per heavy atom. The number of hydrogen-bond acceptors (Lipinski definition) is 3. The molecule has 0 spiro atoms. The summed E-state index contributed by atoms with van der Waals surface area (Å²) in [4.78, 5) is 1.93. The Morgan fingerprint density at radius 2 is 2.06 bits per heavy atom. The van der Waals surface area contributed by atoms with Crippen LogP contribution in [0.3, 0.4) is 0 Å². The molecule has 1 aliphatic rings. The minimum Gasteiger partial charge on any atom is -0.393 e. The third-order valence-electron chi connectivity index (χ3n) is 3.69. The van der Waals surface area contributed by atoms with Gasteiger partial charge in [-0.05, 0) is 26.3 Å². The van der Waals surface area contributed by atoms with Gasteiger partial charge in [0.1, 0.15) is 5.82 Å². The van der Waals surface area contributed by atoms with Gasteiger partial charge in [-0.15, -0.1) is 0 Å². The molecule has 1 aromatic rings. The van der Waals surface area contributed by atoms with E-state index in [0.717, 1.165) is 13.0 Å². The van der Waals surface area contributed by atoms with Crippen LogP contribution in [0.15, 0.2) is 18.2 Å². The van der Waals surface area contributed by atoms with Gasteiger partial charge in [0.2, 0.25) is 0 Å². The maximum absolute atomic E-state index is 14.0. The summed E-state index contributed by atoms with van der Waals surface area (Å²) >= 11 is 0. The highest BCUT2D eigenvalue weighted by molar-refractivity contribution is 5.56. The highest BCUT2D eigenvalue weighted by Gasteiger charge is 2.29. The first-order valence-electron chi connectivity index (χ1n) is 6.40. The van der Waals surface area contributed by atoms with Crippen LogP contribution in [0.4, 0.5) is 10.1 Å². The normalized spacial score (nSPS) is 23.2. The quantitative estimate of drug-likeness (QED) is 0.867. The standard InChI is InChI=1S/C14H20FNO2/c1-9(17)11-6-7-16(8-11)14-12(10(2)18)4-3-5-13(14)15/h3-5,9-11,17-18H,6-8H2,1-2H3. The van der Waals surface area contributed by atoms with Gasteiger partial charge in [-0.3, -0.25) is 0 Å². The summed E-state index contributed by atoms with van der Waals surface area (Å²) in [5.74, 6) is -0.133. The third kappa shape index (κ3) is 2.49. The van der Waals surface area contributed by atoms with E-state index < -0.39 is 6.10 Å². The average Bonchev–Trinajstić information content (AvgIpc) is 2.77. The number of rotatable bonds is 3. The Hall–Kier alpha value is -1.13. The molecule has 18 heavy (non-hydrogen) atoms. The Bertz CT molecular complexity index is 420. The molecule has 1 saturated heterocycles. The molecule has 1 aliphatic heterocycles. The van der Waals surface area contributed by atoms with Gasteiger partial charge in [-0.2, -0.15) is 0 Å². The van der Waals surface area contributed by atoms with Gasteiger partial charge in [0.05, 0.1) is 17.9 Å². The molecule has 1 fully saturated rings. The summed E-state index contributed by atoms with van der Waals surface area (Å²) in [5.41, 5.74) is 1.09. The van der Waals surface area contributed by atoms with E-state index in [1.165, 1.54) is 6.07 Å². The molecule has 0 aliphatic carbocycles. The summed E-state index contributed by atoms with van der Waals surface area (Å²) in [6.45, 7) is 4.76. The van der Waals surface area contributed by atoms with Crippen LogP contribution in [0, 0.1) is 11.7 Å². The minimum absolute atomic E-state index is 0.173. The van der Waals surface area contributed by atoms with Gasteiger partial charge in [0, 0.05) is 24.6 Å². The lowest BCUT2D eigenvalue weighted by atomic mass is 10.0. The number of halogens is 1. The molecule has 3 unspecified atom stereocenters. The molecule has 2 N–H and O–H groups in total. The lowest BCUT2D eigenvalue weighted by molar-refractivity contribution is 0.136. The van der Waals surface area contributed by atoms with Crippen LogP contribution < -0.4 is 4.90 Å². The molecule has 0 saturated carbocycles. The Kier molecular flexibility index (Phi) is 3.88. The summed E-state index contributed by atoms with van der Waals surface area (Å²) in [6, 6.07) is 4.78. The first-order chi connectivity index (χ1) is 8.50. The van der Waals surface area contributed by atoms with Crippen LogP contribution in [-0.2, 0) is 0 Å². The van der Waals surface area contributed by atoms with E-state index in [-0.39, 0.29) is 17.8 Å². The molecule has 0 aromatic heterocycles. The second-order valence-corrected chi connectivity index (χ2v) is 5.09. The molecule has 100 valence electrons. The second kappa shape index (κ2) is 5.24. The van der Waals surface area contributed by atoms with E-state index in [9.17, 15) is 14.6 Å². The van der Waals surface area contributed by atoms with Gasteiger partial charge >= 0.3 is 0 Å². The van der Waals surface area contributed by atoms with Crippen molar-refractivity contribution >= 4 is 5.69 Å². The molecular formula is C14H20FNO2. The summed E-state index contributed by atoms with van der Waals surface area (Å²) < 4.78 is 14.0. The zero-order chi connectivity index (χ0) is 13.3. The van der Waals surface area contributed by atoms with Crippen LogP contribution >= 0.6 is 0 Å². The molecule has 0 bridgehead atoms. The highest BCUT2D eigenvalue weighted by atomic mass is 19.1. The van der Waals surface area contributed by atoms with Gasteiger partial charge in [-0.1, -0.05) is 12.1 Å². The van der Waals surface area contributed by atoms with Crippen molar-refractivity contribution in [1.82, 2.24) is 0 Å². The van der Waals surface area contributed by atoms with Crippen molar-refractivity contribution < 1.29 is 14.6 Å². The van der Waals surface area contributed by atoms with E-state index in [1.54, 1.807) is 26.0 Å². The zero-order valence-corrected chi connectivity index (χ0v) is 10.8. The van der Waals surface area contributed by atoms with Crippen LogP contribution in [0.1, 0.15) is 31.9 Å². The van der Waals surface area contributed by atoms with Crippen LogP contribution in [0.5, 0.6) is 0 Å². The van der Waals surface area contributed by atoms with Crippen molar-refractivity contribution in [3.63, 3.8) is 0 Å². The molecule has 0 radical (unpaired) electrons. The smallest absolute Gasteiger partial charge is 0.146 e. The fourth-order valence-corrected chi connectivity index (χ4v) is 2.59. The average molecular weight is 253 g/mol. The van der Waals surface area contributed by atoms with E-state index in [0.29, 0.717) is 17.8 Å². The van der Waals surface area contributed by atoms with Gasteiger partial charge in [-0.25, -0.2) is 4.39 Å². The molecule has 1 heterocycles. The summed E-state index contributed by atoms with van der Waals surface area (Å²) in [6.07, 6.45) is -0.219. The second-order valence-electron chi connectivity index (χ2n) is 5.09. The Balaban J connectivity index is 2.29. The largest absolute Gasteiger partial charge is 0.393 e. The molecule has 1 aromatic carbocycles. The molecule has 3 nitrogen and oxygen atoms in total. The van der Waals surface area contributed by atoms with Gasteiger partial charge in [0.15, 0.2) is 0 Å². The van der Waals surface area contributed by atoms with E-state index >= 15 is 0 Å². The zero-order valence-electron chi connectivity index (χ0n) is 10.8. The number of hydrogen-bond donors (Lipinski definition) is 2. The minimum atomic E-state index is -0.693. The maximum atomic E-state index is 14.0. The number of para-hydroxylation sites is 1. The summed E-state index contributed by atoms with van der Waals surface area (Å²) in [5, 5.41) is 19.3. The van der Waals surface area contributed by atoms with Crippen molar-refractivity contribution in [3.8, 4) is 0 Å². The lowest BCUT2D eigenvalue weighted by Crippen LogP contribution is -2.25. The number of aliphatic hydroxyl groups is 2. The Morgan fingerprint density at radius 3 is 2.61 bits per heavy atom. The van der Waals surface area contributed by atoms with E-state index in [2.05, 4.69) is 0 Å². The third-order valence-corrected chi connectivity index (χ3v) is 3.69. The van der Waals surface area contributed by atoms with Crippen LogP contribution in [-0.4, -0.2) is 29.4 Å². The molecular weight excluding hydrogens is 233 g/mol. The van der Waals surface area contributed by atoms with E-state index in [4.69, 9.17) is 0 Å². The predicted molar refractivity (Wildman–Crippen MR) is 69.0 cm³/mol. The molecule has 0 amide bonds. The molecule has 3 atom stereocenters. The first kappa shape index (κ1) is 13.3. The molecule has 4 heteroatoms. The summed E-state index contributed by atoms with van der Waals surface area (Å²) in [7, 11) is 0. The first-order valence-corrected chi connectivity index (χ1v) is 6.40. The SMILES string of the molecule is CC(O)c1cccc(F)c1N1CCC(C(C)O)C1. The maximum Gasteiger partial charge on any atom is 0.146 e. The lowest BCUT2D eigenvalue weighted by Gasteiger charge is -2.24. The predicted octanol–water partition coefficient (Wildman–Crippen LogP) is 2.09. The monoisotopic (exact) mass is 253 g/mol. The Labute approximate surface area is 107 Å². The topological polar surface area (TPSA) is 43.7 Å². The number of aliphatic hydroxyl groups excluding tert-OH is 2. The highest BCUT2D eigenvalue weighted by Crippen LogP contribution is 2.33. The van der Waals surface area contributed by atoms with Crippen LogP contribution in [0.2, 0.25) is 0 Å². The van der Waals surface area contributed by atoms with Crippen molar-refractivity contribution in [2.75, 3.05) is 18.0 Å². The van der Waals surface area contributed by atoms with Gasteiger partial charge in [0.25, 0.3) is 0 Å². The van der Waals surface area contributed by atoms with Crippen molar-refractivity contribution in [3.05, 3.63) is 29.6 Å². The molecule has 2 rings (SSSR count). The van der Waals surface area contributed by atoms with Gasteiger partial charge < -0.3 is 15.1 Å². The number of nitrogens with zero attached hydrogens (tertiary/aromatic N) is 1. The van der Waals surface area contributed by atoms with Crippen molar-refractivity contribution in [1.29, 1.82) is 0 Å². The number of anilines is 1.